The second-order valence-corrected chi connectivity index (χ2v) is 8.47. The van der Waals surface area contributed by atoms with Gasteiger partial charge in [-0.15, -0.1) is 0 Å². The second-order valence-electron chi connectivity index (χ2n) is 6.46. The van der Waals surface area contributed by atoms with Gasteiger partial charge in [-0.2, -0.15) is 0 Å². The normalized spacial score (nSPS) is 11.6. The van der Waals surface area contributed by atoms with Gasteiger partial charge < -0.3 is 5.32 Å². The first kappa shape index (κ1) is 17.3. The fourth-order valence-corrected chi connectivity index (χ4v) is 3.72. The third kappa shape index (κ3) is 3.31. The van der Waals surface area contributed by atoms with E-state index in [1.54, 1.807) is 24.3 Å². The number of para-hydroxylation sites is 1. The summed E-state index contributed by atoms with van der Waals surface area (Å²) < 4.78 is 25.5. The molecule has 1 N–H and O–H groups in total. The van der Waals surface area contributed by atoms with Crippen LogP contribution in [0.3, 0.4) is 0 Å². The lowest BCUT2D eigenvalue weighted by atomic mass is 10.1. The first-order valence-corrected chi connectivity index (χ1v) is 10.4. The number of pyridine rings is 1. The van der Waals surface area contributed by atoms with Gasteiger partial charge >= 0.3 is 0 Å². The summed E-state index contributed by atoms with van der Waals surface area (Å²) in [6.07, 6.45) is 1.21. The predicted octanol–water partition coefficient (Wildman–Crippen LogP) is 4.46. The Hall–Kier alpha value is -3.12. The molecule has 4 rings (SSSR count). The number of aryl methyl sites for hydroxylation is 1. The Bertz CT molecular complexity index is 1210. The number of hydrogen-bond acceptors (Lipinski definition) is 4. The van der Waals surface area contributed by atoms with Gasteiger partial charge in [-0.1, -0.05) is 36.4 Å². The summed E-state index contributed by atoms with van der Waals surface area (Å²) in [7, 11) is -3.23. The van der Waals surface area contributed by atoms with Crippen molar-refractivity contribution in [1.82, 2.24) is 9.38 Å². The van der Waals surface area contributed by atoms with E-state index in [-0.39, 0.29) is 0 Å². The van der Waals surface area contributed by atoms with E-state index in [0.29, 0.717) is 4.90 Å². The lowest BCUT2D eigenvalue weighted by Gasteiger charge is -2.11. The van der Waals surface area contributed by atoms with Crippen molar-refractivity contribution in [1.29, 1.82) is 0 Å². The van der Waals surface area contributed by atoms with Crippen molar-refractivity contribution in [3.63, 3.8) is 0 Å². The van der Waals surface area contributed by atoms with Gasteiger partial charge in [0, 0.05) is 23.2 Å². The van der Waals surface area contributed by atoms with Crippen LogP contribution in [-0.2, 0) is 9.84 Å². The van der Waals surface area contributed by atoms with Crippen LogP contribution in [0.5, 0.6) is 0 Å². The number of sulfone groups is 1. The van der Waals surface area contributed by atoms with Gasteiger partial charge in [-0.25, -0.2) is 13.4 Å². The topological polar surface area (TPSA) is 63.5 Å². The maximum atomic E-state index is 11.7. The number of hydrogen-bond donors (Lipinski definition) is 1. The van der Waals surface area contributed by atoms with Crippen LogP contribution in [0.1, 0.15) is 5.69 Å². The highest BCUT2D eigenvalue weighted by atomic mass is 32.2. The summed E-state index contributed by atoms with van der Waals surface area (Å²) >= 11 is 0. The zero-order valence-electron chi connectivity index (χ0n) is 15.0. The molecule has 0 amide bonds. The van der Waals surface area contributed by atoms with E-state index in [4.69, 9.17) is 4.98 Å². The van der Waals surface area contributed by atoms with Crippen molar-refractivity contribution in [2.75, 3.05) is 11.6 Å². The lowest BCUT2D eigenvalue weighted by molar-refractivity contribution is 0.602. The number of nitrogens with one attached hydrogen (secondary N) is 1. The monoisotopic (exact) mass is 377 g/mol. The number of anilines is 2. The van der Waals surface area contributed by atoms with E-state index in [0.717, 1.165) is 34.1 Å². The van der Waals surface area contributed by atoms with E-state index in [2.05, 4.69) is 9.72 Å². The molecule has 27 heavy (non-hydrogen) atoms. The molecule has 2 heterocycles. The second kappa shape index (κ2) is 6.55. The molecule has 0 unspecified atom stereocenters. The van der Waals surface area contributed by atoms with E-state index < -0.39 is 9.84 Å². The molecule has 6 heteroatoms. The molecule has 0 atom stereocenters. The van der Waals surface area contributed by atoms with Crippen LogP contribution in [-0.4, -0.2) is 24.1 Å². The first-order chi connectivity index (χ1) is 12.9. The van der Waals surface area contributed by atoms with Crippen molar-refractivity contribution >= 4 is 27.0 Å². The third-order valence-corrected chi connectivity index (χ3v) is 5.56. The molecule has 0 bridgehead atoms. The van der Waals surface area contributed by atoms with Gasteiger partial charge in [-0.3, -0.25) is 4.40 Å². The van der Waals surface area contributed by atoms with Gasteiger partial charge in [0.15, 0.2) is 9.84 Å². The molecular formula is C21H19N3O2S. The maximum absolute atomic E-state index is 11.7. The molecule has 0 saturated heterocycles. The Balaban J connectivity index is 1.89. The quantitative estimate of drug-likeness (QED) is 0.570. The Morgan fingerprint density at radius 3 is 2.26 bits per heavy atom. The molecule has 0 saturated carbocycles. The van der Waals surface area contributed by atoms with Gasteiger partial charge in [0.1, 0.15) is 17.2 Å². The highest BCUT2D eigenvalue weighted by Crippen LogP contribution is 2.32. The van der Waals surface area contributed by atoms with Crippen LogP contribution < -0.4 is 5.32 Å². The molecule has 4 aromatic rings. The van der Waals surface area contributed by atoms with Crippen molar-refractivity contribution < 1.29 is 8.42 Å². The van der Waals surface area contributed by atoms with Gasteiger partial charge in [0.25, 0.3) is 0 Å². The van der Waals surface area contributed by atoms with Crippen LogP contribution >= 0.6 is 0 Å². The van der Waals surface area contributed by atoms with Gasteiger partial charge in [0.05, 0.1) is 4.90 Å². The number of rotatable bonds is 4. The maximum Gasteiger partial charge on any atom is 0.175 e. The summed E-state index contributed by atoms with van der Waals surface area (Å²) in [4.78, 5) is 5.08. The van der Waals surface area contributed by atoms with Gasteiger partial charge in [0.2, 0.25) is 0 Å². The summed E-state index contributed by atoms with van der Waals surface area (Å²) in [5.74, 6) is 0.849. The first-order valence-electron chi connectivity index (χ1n) is 8.54. The molecule has 0 aliphatic rings. The summed E-state index contributed by atoms with van der Waals surface area (Å²) in [6.45, 7) is 2.03. The van der Waals surface area contributed by atoms with E-state index in [9.17, 15) is 8.42 Å². The molecular weight excluding hydrogens is 358 g/mol. The fourth-order valence-electron chi connectivity index (χ4n) is 3.09. The van der Waals surface area contributed by atoms with Crippen molar-refractivity contribution in [2.45, 2.75) is 11.8 Å². The van der Waals surface area contributed by atoms with Crippen LogP contribution in [0.25, 0.3) is 16.9 Å². The summed E-state index contributed by atoms with van der Waals surface area (Å²) in [5.41, 5.74) is 4.46. The van der Waals surface area contributed by atoms with E-state index in [1.165, 1.54) is 6.26 Å². The lowest BCUT2D eigenvalue weighted by Crippen LogP contribution is -1.99. The smallest absolute Gasteiger partial charge is 0.175 e. The zero-order valence-corrected chi connectivity index (χ0v) is 15.9. The minimum Gasteiger partial charge on any atom is -0.339 e. The SMILES string of the molecule is Cc1cccc2nc(-c3ccc(S(C)(=O)=O)cc3)c(Nc3ccccc3)n12. The molecule has 0 aliphatic heterocycles. The van der Waals surface area contributed by atoms with Crippen molar-refractivity contribution in [2.24, 2.45) is 0 Å². The predicted molar refractivity (Wildman–Crippen MR) is 108 cm³/mol. The minimum atomic E-state index is -3.23. The summed E-state index contributed by atoms with van der Waals surface area (Å²) in [5, 5.41) is 3.46. The zero-order chi connectivity index (χ0) is 19.0. The average molecular weight is 377 g/mol. The molecule has 2 aromatic heterocycles. The largest absolute Gasteiger partial charge is 0.339 e. The van der Waals surface area contributed by atoms with E-state index in [1.807, 2.05) is 55.5 Å². The number of nitrogens with zero attached hydrogens (tertiary/aromatic N) is 2. The highest BCUT2D eigenvalue weighted by Gasteiger charge is 2.16. The van der Waals surface area contributed by atoms with Crippen molar-refractivity contribution in [3.8, 4) is 11.3 Å². The molecule has 0 spiro atoms. The van der Waals surface area contributed by atoms with Crippen LogP contribution in [0.4, 0.5) is 11.5 Å². The molecule has 0 fully saturated rings. The van der Waals surface area contributed by atoms with Gasteiger partial charge in [-0.05, 0) is 43.3 Å². The molecule has 0 aliphatic carbocycles. The summed E-state index contributed by atoms with van der Waals surface area (Å²) in [6, 6.07) is 22.7. The fraction of sp³-hybridized carbons (Fsp3) is 0.0952. The minimum absolute atomic E-state index is 0.295. The third-order valence-electron chi connectivity index (χ3n) is 4.43. The Morgan fingerprint density at radius 2 is 1.59 bits per heavy atom. The number of aromatic nitrogens is 2. The molecule has 136 valence electrons. The van der Waals surface area contributed by atoms with Crippen LogP contribution in [0, 0.1) is 6.92 Å². The Kier molecular flexibility index (Phi) is 4.20. The molecule has 2 aromatic carbocycles. The highest BCUT2D eigenvalue weighted by molar-refractivity contribution is 7.90. The number of fused-ring (bicyclic) bond motifs is 1. The van der Waals surface area contributed by atoms with Crippen LogP contribution in [0.2, 0.25) is 0 Å². The molecule has 5 nitrogen and oxygen atoms in total. The van der Waals surface area contributed by atoms with Crippen LogP contribution in [0.15, 0.2) is 77.7 Å². The molecule has 0 radical (unpaired) electrons. The average Bonchev–Trinajstić information content (AvgIpc) is 3.02. The number of benzene rings is 2. The Morgan fingerprint density at radius 1 is 0.889 bits per heavy atom. The number of imidazole rings is 1. The van der Waals surface area contributed by atoms with E-state index >= 15 is 0 Å². The standard InChI is InChI=1S/C21H19N3O2S/c1-15-7-6-10-19-23-20(16-11-13-18(14-12-16)27(2,25)26)21(24(15)19)22-17-8-4-3-5-9-17/h3-14,22H,1-2H3. The Labute approximate surface area is 158 Å². The van der Waals surface area contributed by atoms with Crippen molar-refractivity contribution in [3.05, 3.63) is 78.5 Å².